The van der Waals surface area contributed by atoms with Gasteiger partial charge < -0.3 is 5.32 Å². The maximum absolute atomic E-state index is 11.0. The molecule has 0 aromatic rings. The van der Waals surface area contributed by atoms with Crippen LogP contribution in [0.15, 0.2) is 11.6 Å². The average Bonchev–Trinajstić information content (AvgIpc) is 2.69. The van der Waals surface area contributed by atoms with Crippen LogP contribution >= 0.6 is 0 Å². The molecule has 1 amide bonds. The third-order valence-electron chi connectivity index (χ3n) is 5.43. The lowest BCUT2D eigenvalue weighted by Gasteiger charge is -2.50. The van der Waals surface area contributed by atoms with E-state index in [9.17, 15) is 4.79 Å². The molecule has 1 fully saturated rings. The molecule has 2 aliphatic carbocycles. The SMILES string of the molecule is CC1=C[C@@]2(CC1)[C@H](C)CC[C@@H](C(C)C)[C@H]2NC=O. The van der Waals surface area contributed by atoms with Crippen LogP contribution in [0.5, 0.6) is 0 Å². The van der Waals surface area contributed by atoms with Gasteiger partial charge in [-0.3, -0.25) is 4.79 Å². The predicted octanol–water partition coefficient (Wildman–Crippen LogP) is 3.53. The summed E-state index contributed by atoms with van der Waals surface area (Å²) in [4.78, 5) is 11.0. The molecule has 0 saturated heterocycles. The average molecular weight is 249 g/mol. The van der Waals surface area contributed by atoms with E-state index in [1.54, 1.807) is 0 Å². The van der Waals surface area contributed by atoms with E-state index in [-0.39, 0.29) is 5.41 Å². The van der Waals surface area contributed by atoms with E-state index in [2.05, 4.69) is 39.1 Å². The molecule has 0 aliphatic heterocycles. The monoisotopic (exact) mass is 249 g/mol. The summed E-state index contributed by atoms with van der Waals surface area (Å²) in [6.45, 7) is 9.18. The van der Waals surface area contributed by atoms with Gasteiger partial charge in [-0.15, -0.1) is 0 Å². The maximum Gasteiger partial charge on any atom is 0.207 e. The molecule has 2 rings (SSSR count). The highest BCUT2D eigenvalue weighted by molar-refractivity contribution is 5.48. The van der Waals surface area contributed by atoms with Gasteiger partial charge in [0, 0.05) is 11.5 Å². The molecule has 4 atom stereocenters. The minimum atomic E-state index is 0.220. The molecule has 2 nitrogen and oxygen atoms in total. The highest BCUT2D eigenvalue weighted by Crippen LogP contribution is 2.53. The van der Waals surface area contributed by atoms with Crippen LogP contribution in [-0.2, 0) is 4.79 Å². The molecule has 0 aromatic carbocycles. The minimum Gasteiger partial charge on any atom is -0.355 e. The largest absolute Gasteiger partial charge is 0.355 e. The first-order valence-corrected chi connectivity index (χ1v) is 7.39. The molecule has 2 heteroatoms. The molecule has 0 bridgehead atoms. The van der Waals surface area contributed by atoms with Gasteiger partial charge in [0.25, 0.3) is 0 Å². The summed E-state index contributed by atoms with van der Waals surface area (Å²) >= 11 is 0. The first-order valence-electron chi connectivity index (χ1n) is 7.39. The molecule has 0 radical (unpaired) electrons. The van der Waals surface area contributed by atoms with Crippen molar-refractivity contribution >= 4 is 6.41 Å². The van der Waals surface area contributed by atoms with E-state index in [0.29, 0.717) is 23.8 Å². The molecular weight excluding hydrogens is 222 g/mol. The molecule has 0 aromatic heterocycles. The van der Waals surface area contributed by atoms with Gasteiger partial charge in [-0.1, -0.05) is 32.4 Å². The number of carbonyl (C=O) groups excluding carboxylic acids is 1. The van der Waals surface area contributed by atoms with Gasteiger partial charge in [-0.2, -0.15) is 0 Å². The fourth-order valence-electron chi connectivity index (χ4n) is 4.30. The van der Waals surface area contributed by atoms with Crippen LogP contribution in [0, 0.1) is 23.2 Å². The van der Waals surface area contributed by atoms with E-state index in [1.807, 2.05) is 0 Å². The maximum atomic E-state index is 11.0. The lowest BCUT2D eigenvalue weighted by atomic mass is 9.58. The smallest absolute Gasteiger partial charge is 0.207 e. The zero-order valence-electron chi connectivity index (χ0n) is 12.2. The van der Waals surface area contributed by atoms with Gasteiger partial charge in [0.1, 0.15) is 0 Å². The highest BCUT2D eigenvalue weighted by Gasteiger charge is 2.50. The quantitative estimate of drug-likeness (QED) is 0.601. The second-order valence-electron chi connectivity index (χ2n) is 6.75. The minimum absolute atomic E-state index is 0.220. The van der Waals surface area contributed by atoms with Crippen LogP contribution in [0.1, 0.15) is 53.4 Å². The van der Waals surface area contributed by atoms with E-state index < -0.39 is 0 Å². The Hall–Kier alpha value is -0.790. The van der Waals surface area contributed by atoms with Crippen LogP contribution in [0.25, 0.3) is 0 Å². The Morgan fingerprint density at radius 2 is 2.17 bits per heavy atom. The highest BCUT2D eigenvalue weighted by atomic mass is 16.1. The second kappa shape index (κ2) is 5.07. The summed E-state index contributed by atoms with van der Waals surface area (Å²) in [5.74, 6) is 1.94. The fraction of sp³-hybridized carbons (Fsp3) is 0.812. The first-order chi connectivity index (χ1) is 8.51. The van der Waals surface area contributed by atoms with E-state index in [1.165, 1.54) is 31.3 Å². The lowest BCUT2D eigenvalue weighted by Crippen LogP contribution is -2.55. The van der Waals surface area contributed by atoms with Crippen LogP contribution in [0.4, 0.5) is 0 Å². The molecule has 1 saturated carbocycles. The van der Waals surface area contributed by atoms with Crippen LogP contribution in [-0.4, -0.2) is 12.5 Å². The van der Waals surface area contributed by atoms with Crippen molar-refractivity contribution in [2.24, 2.45) is 23.2 Å². The van der Waals surface area contributed by atoms with Crippen molar-refractivity contribution < 1.29 is 4.79 Å². The number of rotatable bonds is 3. The van der Waals surface area contributed by atoms with Gasteiger partial charge >= 0.3 is 0 Å². The standard InChI is InChI=1S/C16H27NO/c1-11(2)14-6-5-13(4)16(15(14)17-10-18)8-7-12(3)9-16/h9-11,13-15H,5-8H2,1-4H3,(H,17,18)/t13-,14+,15-,16+/m1/s1. The lowest BCUT2D eigenvalue weighted by molar-refractivity contribution is -0.112. The van der Waals surface area contributed by atoms with Crippen molar-refractivity contribution in [2.75, 3.05) is 0 Å². The molecule has 0 unspecified atom stereocenters. The molecule has 1 spiro atoms. The Balaban J connectivity index is 2.35. The zero-order chi connectivity index (χ0) is 13.3. The van der Waals surface area contributed by atoms with E-state index in [4.69, 9.17) is 0 Å². The zero-order valence-corrected chi connectivity index (χ0v) is 12.2. The normalized spacial score (nSPS) is 40.1. The Morgan fingerprint density at radius 1 is 1.44 bits per heavy atom. The summed E-state index contributed by atoms with van der Waals surface area (Å²) in [6, 6.07) is 0.330. The number of nitrogens with one attached hydrogen (secondary N) is 1. The van der Waals surface area contributed by atoms with Gasteiger partial charge in [0.15, 0.2) is 0 Å². The molecule has 102 valence electrons. The van der Waals surface area contributed by atoms with E-state index >= 15 is 0 Å². The third kappa shape index (κ3) is 2.10. The van der Waals surface area contributed by atoms with E-state index in [0.717, 1.165) is 6.41 Å². The Kier molecular flexibility index (Phi) is 3.84. The predicted molar refractivity (Wildman–Crippen MR) is 75.1 cm³/mol. The van der Waals surface area contributed by atoms with Crippen LogP contribution < -0.4 is 5.32 Å². The Morgan fingerprint density at radius 3 is 2.67 bits per heavy atom. The number of allylic oxidation sites excluding steroid dienone is 1. The molecular formula is C16H27NO. The number of amides is 1. The van der Waals surface area contributed by atoms with Gasteiger partial charge in [-0.05, 0) is 50.4 Å². The van der Waals surface area contributed by atoms with Crippen molar-refractivity contribution in [2.45, 2.75) is 59.4 Å². The molecule has 2 aliphatic rings. The molecule has 0 heterocycles. The summed E-state index contributed by atoms with van der Waals surface area (Å²) in [7, 11) is 0. The third-order valence-corrected chi connectivity index (χ3v) is 5.43. The van der Waals surface area contributed by atoms with Gasteiger partial charge in [0.2, 0.25) is 6.41 Å². The summed E-state index contributed by atoms with van der Waals surface area (Å²) in [5, 5.41) is 3.17. The topological polar surface area (TPSA) is 29.1 Å². The Labute approximate surface area is 111 Å². The van der Waals surface area contributed by atoms with Crippen molar-refractivity contribution in [3.63, 3.8) is 0 Å². The van der Waals surface area contributed by atoms with Crippen molar-refractivity contribution in [1.29, 1.82) is 0 Å². The Bertz CT molecular complexity index is 347. The van der Waals surface area contributed by atoms with Crippen molar-refractivity contribution in [1.82, 2.24) is 5.32 Å². The molecule has 1 N–H and O–H groups in total. The van der Waals surface area contributed by atoms with Crippen molar-refractivity contribution in [3.05, 3.63) is 11.6 Å². The summed E-state index contributed by atoms with van der Waals surface area (Å²) in [6.07, 6.45) is 8.36. The van der Waals surface area contributed by atoms with Crippen LogP contribution in [0.2, 0.25) is 0 Å². The number of hydrogen-bond acceptors (Lipinski definition) is 1. The second-order valence-corrected chi connectivity index (χ2v) is 6.75. The summed E-state index contributed by atoms with van der Waals surface area (Å²) < 4.78 is 0. The van der Waals surface area contributed by atoms with Crippen molar-refractivity contribution in [3.8, 4) is 0 Å². The summed E-state index contributed by atoms with van der Waals surface area (Å²) in [5.41, 5.74) is 1.72. The van der Waals surface area contributed by atoms with Gasteiger partial charge in [-0.25, -0.2) is 0 Å². The molecule has 18 heavy (non-hydrogen) atoms. The first kappa shape index (κ1) is 13.6. The number of carbonyl (C=O) groups is 1. The fourth-order valence-corrected chi connectivity index (χ4v) is 4.30. The van der Waals surface area contributed by atoms with Crippen LogP contribution in [0.3, 0.4) is 0 Å². The number of hydrogen-bond donors (Lipinski definition) is 1. The van der Waals surface area contributed by atoms with Gasteiger partial charge in [0.05, 0.1) is 0 Å².